The fourth-order valence-corrected chi connectivity index (χ4v) is 2.90. The van der Waals surface area contributed by atoms with Gasteiger partial charge in [0.2, 0.25) is 0 Å². The van der Waals surface area contributed by atoms with Gasteiger partial charge in [0, 0.05) is 16.6 Å². The van der Waals surface area contributed by atoms with E-state index in [4.69, 9.17) is 11.6 Å². The summed E-state index contributed by atoms with van der Waals surface area (Å²) in [6.07, 6.45) is 6.53. The lowest BCUT2D eigenvalue weighted by molar-refractivity contribution is 0.189. The number of benzene rings is 1. The summed E-state index contributed by atoms with van der Waals surface area (Å²) < 4.78 is 0. The van der Waals surface area contributed by atoms with E-state index in [2.05, 4.69) is 11.8 Å². The molecule has 1 unspecified atom stereocenters. The molecule has 1 aliphatic rings. The molecule has 1 fully saturated rings. The molecule has 1 saturated heterocycles. The van der Waals surface area contributed by atoms with E-state index in [1.165, 1.54) is 32.1 Å². The molecule has 0 radical (unpaired) electrons. The van der Waals surface area contributed by atoms with Crippen molar-refractivity contribution in [3.8, 4) is 5.75 Å². The Balaban J connectivity index is 2.12. The first-order valence-corrected chi connectivity index (χ1v) is 7.29. The first-order valence-electron chi connectivity index (χ1n) is 6.91. The van der Waals surface area contributed by atoms with Gasteiger partial charge in [-0.3, -0.25) is 4.90 Å². The van der Waals surface area contributed by atoms with Crippen molar-refractivity contribution in [2.75, 3.05) is 13.1 Å². The van der Waals surface area contributed by atoms with Gasteiger partial charge in [-0.1, -0.05) is 30.9 Å². The average molecular weight is 268 g/mol. The molecule has 0 bridgehead atoms. The summed E-state index contributed by atoms with van der Waals surface area (Å²) in [4.78, 5) is 2.46. The molecule has 0 aliphatic carbocycles. The zero-order valence-electron chi connectivity index (χ0n) is 11.0. The van der Waals surface area contributed by atoms with Crippen molar-refractivity contribution in [2.24, 2.45) is 0 Å². The number of phenolic OH excluding ortho intramolecular Hbond substituents is 1. The van der Waals surface area contributed by atoms with Crippen molar-refractivity contribution in [1.82, 2.24) is 4.90 Å². The Morgan fingerprint density at radius 3 is 2.39 bits per heavy atom. The highest BCUT2D eigenvalue weighted by molar-refractivity contribution is 6.30. The lowest BCUT2D eigenvalue weighted by Crippen LogP contribution is -2.30. The van der Waals surface area contributed by atoms with Gasteiger partial charge >= 0.3 is 0 Å². The number of rotatable bonds is 2. The van der Waals surface area contributed by atoms with Crippen LogP contribution in [0.25, 0.3) is 0 Å². The maximum absolute atomic E-state index is 9.98. The summed E-state index contributed by atoms with van der Waals surface area (Å²) >= 11 is 6.03. The van der Waals surface area contributed by atoms with Crippen LogP contribution in [0.2, 0.25) is 5.02 Å². The number of hydrogen-bond acceptors (Lipinski definition) is 2. The maximum Gasteiger partial charge on any atom is 0.120 e. The highest BCUT2D eigenvalue weighted by atomic mass is 35.5. The first kappa shape index (κ1) is 13.7. The molecule has 3 heteroatoms. The summed E-state index contributed by atoms with van der Waals surface area (Å²) in [6, 6.07) is 5.56. The van der Waals surface area contributed by atoms with Crippen LogP contribution in [0.4, 0.5) is 0 Å². The van der Waals surface area contributed by atoms with Crippen LogP contribution in [-0.2, 0) is 0 Å². The SMILES string of the molecule is CC(c1cc(Cl)ccc1O)N1CCCCCCC1. The van der Waals surface area contributed by atoms with E-state index in [-0.39, 0.29) is 6.04 Å². The Labute approximate surface area is 115 Å². The molecule has 1 N–H and O–H groups in total. The summed E-state index contributed by atoms with van der Waals surface area (Å²) in [6.45, 7) is 4.40. The van der Waals surface area contributed by atoms with E-state index in [0.717, 1.165) is 18.7 Å². The van der Waals surface area contributed by atoms with Crippen molar-refractivity contribution >= 4 is 11.6 Å². The summed E-state index contributed by atoms with van der Waals surface area (Å²) in [5.41, 5.74) is 0.947. The van der Waals surface area contributed by atoms with Crippen LogP contribution in [-0.4, -0.2) is 23.1 Å². The molecule has 1 aliphatic heterocycles. The van der Waals surface area contributed by atoms with Crippen LogP contribution in [0.15, 0.2) is 18.2 Å². The predicted octanol–water partition coefficient (Wildman–Crippen LogP) is 4.37. The van der Waals surface area contributed by atoms with E-state index in [1.807, 2.05) is 6.07 Å². The highest BCUT2D eigenvalue weighted by Gasteiger charge is 2.19. The predicted molar refractivity (Wildman–Crippen MR) is 76.2 cm³/mol. The van der Waals surface area contributed by atoms with E-state index in [1.54, 1.807) is 12.1 Å². The standard InChI is InChI=1S/C15H22ClNO/c1-12(14-11-13(16)7-8-15(14)18)17-9-5-3-2-4-6-10-17/h7-8,11-12,18H,2-6,9-10H2,1H3. The Kier molecular flexibility index (Phi) is 4.90. The zero-order valence-corrected chi connectivity index (χ0v) is 11.8. The van der Waals surface area contributed by atoms with Crippen LogP contribution in [0, 0.1) is 0 Å². The molecule has 2 nitrogen and oxygen atoms in total. The fourth-order valence-electron chi connectivity index (χ4n) is 2.72. The van der Waals surface area contributed by atoms with Crippen LogP contribution in [0.1, 0.15) is 50.6 Å². The number of aromatic hydroxyl groups is 1. The van der Waals surface area contributed by atoms with Gasteiger partial charge in [0.05, 0.1) is 0 Å². The second-order valence-electron chi connectivity index (χ2n) is 5.18. The monoisotopic (exact) mass is 267 g/mol. The van der Waals surface area contributed by atoms with E-state index >= 15 is 0 Å². The van der Waals surface area contributed by atoms with Crippen molar-refractivity contribution in [3.63, 3.8) is 0 Å². The van der Waals surface area contributed by atoms with Crippen molar-refractivity contribution in [1.29, 1.82) is 0 Å². The molecule has 1 atom stereocenters. The maximum atomic E-state index is 9.98. The lowest BCUT2D eigenvalue weighted by atomic mass is 10.0. The van der Waals surface area contributed by atoms with E-state index in [0.29, 0.717) is 10.8 Å². The Hall–Kier alpha value is -0.730. The van der Waals surface area contributed by atoms with Gasteiger partial charge in [-0.15, -0.1) is 0 Å². The summed E-state index contributed by atoms with van der Waals surface area (Å²) in [5, 5.41) is 10.7. The summed E-state index contributed by atoms with van der Waals surface area (Å²) in [5.74, 6) is 0.356. The second kappa shape index (κ2) is 6.44. The third-order valence-electron chi connectivity index (χ3n) is 3.88. The average Bonchev–Trinajstić information content (AvgIpc) is 2.31. The van der Waals surface area contributed by atoms with Crippen molar-refractivity contribution in [2.45, 2.75) is 45.1 Å². The number of phenols is 1. The largest absolute Gasteiger partial charge is 0.508 e. The Morgan fingerprint density at radius 1 is 1.11 bits per heavy atom. The molecule has 1 aromatic rings. The van der Waals surface area contributed by atoms with Crippen LogP contribution in [0.3, 0.4) is 0 Å². The van der Waals surface area contributed by atoms with Gasteiger partial charge in [0.1, 0.15) is 5.75 Å². The minimum absolute atomic E-state index is 0.238. The molecule has 0 aromatic heterocycles. The number of nitrogens with zero attached hydrogens (tertiary/aromatic N) is 1. The fraction of sp³-hybridized carbons (Fsp3) is 0.600. The first-order chi connectivity index (χ1) is 8.68. The Morgan fingerprint density at radius 2 is 1.72 bits per heavy atom. The molecule has 0 saturated carbocycles. The molecule has 1 heterocycles. The lowest BCUT2D eigenvalue weighted by Gasteiger charge is -2.31. The highest BCUT2D eigenvalue weighted by Crippen LogP contribution is 2.31. The van der Waals surface area contributed by atoms with Crippen LogP contribution >= 0.6 is 11.6 Å². The summed E-state index contributed by atoms with van der Waals surface area (Å²) in [7, 11) is 0. The molecular formula is C15H22ClNO. The Bertz CT molecular complexity index is 386. The number of likely N-dealkylation sites (tertiary alicyclic amines) is 1. The van der Waals surface area contributed by atoms with Gasteiger partial charge in [-0.05, 0) is 51.1 Å². The van der Waals surface area contributed by atoms with Gasteiger partial charge < -0.3 is 5.11 Å². The van der Waals surface area contributed by atoms with Gasteiger partial charge in [-0.2, -0.15) is 0 Å². The quantitative estimate of drug-likeness (QED) is 0.860. The third kappa shape index (κ3) is 3.39. The van der Waals surface area contributed by atoms with Gasteiger partial charge in [0.15, 0.2) is 0 Å². The smallest absolute Gasteiger partial charge is 0.120 e. The number of halogens is 1. The minimum atomic E-state index is 0.238. The molecular weight excluding hydrogens is 246 g/mol. The normalized spacial score (nSPS) is 20.1. The molecule has 18 heavy (non-hydrogen) atoms. The van der Waals surface area contributed by atoms with Gasteiger partial charge in [0.25, 0.3) is 0 Å². The van der Waals surface area contributed by atoms with E-state index < -0.39 is 0 Å². The van der Waals surface area contributed by atoms with Crippen molar-refractivity contribution in [3.05, 3.63) is 28.8 Å². The zero-order chi connectivity index (χ0) is 13.0. The van der Waals surface area contributed by atoms with Crippen LogP contribution in [0.5, 0.6) is 5.75 Å². The van der Waals surface area contributed by atoms with Crippen LogP contribution < -0.4 is 0 Å². The molecule has 100 valence electrons. The van der Waals surface area contributed by atoms with E-state index in [9.17, 15) is 5.11 Å². The van der Waals surface area contributed by atoms with Crippen molar-refractivity contribution < 1.29 is 5.11 Å². The molecule has 0 spiro atoms. The van der Waals surface area contributed by atoms with Gasteiger partial charge in [-0.25, -0.2) is 0 Å². The number of hydrogen-bond donors (Lipinski definition) is 1. The molecule has 1 aromatic carbocycles. The second-order valence-corrected chi connectivity index (χ2v) is 5.62. The third-order valence-corrected chi connectivity index (χ3v) is 4.11. The topological polar surface area (TPSA) is 23.5 Å². The molecule has 2 rings (SSSR count). The minimum Gasteiger partial charge on any atom is -0.508 e. The molecule has 0 amide bonds.